The lowest BCUT2D eigenvalue weighted by atomic mass is 10.5. The van der Waals surface area contributed by atoms with Gasteiger partial charge in [-0.25, -0.2) is 15.0 Å². The Kier molecular flexibility index (Phi) is 1.55. The van der Waals surface area contributed by atoms with Crippen LogP contribution in [0.5, 0.6) is 0 Å². The molecule has 80 valence electrons. The molecule has 3 aromatic heterocycles. The van der Waals surface area contributed by atoms with Gasteiger partial charge in [0.1, 0.15) is 11.8 Å². The van der Waals surface area contributed by atoms with E-state index in [9.17, 15) is 0 Å². The Hall–Kier alpha value is -2.71. The van der Waals surface area contributed by atoms with Crippen LogP contribution < -0.4 is 11.5 Å². The highest BCUT2D eigenvalue weighted by Gasteiger charge is 2.12. The standard InChI is InChI=1S/C7H7N9/c8-6-14-7(9)16(15-6)5-3-4(11-1-10-3)12-2-13-5/h1-2H,(H4,8,9,14,15)(H,10,11,12,13). The zero-order valence-electron chi connectivity index (χ0n) is 7.99. The molecule has 0 aliphatic heterocycles. The second kappa shape index (κ2) is 2.89. The number of nitrogens with one attached hydrogen (secondary N) is 1. The molecule has 0 amide bonds. The van der Waals surface area contributed by atoms with Crippen LogP contribution in [0.15, 0.2) is 12.7 Å². The molecule has 0 unspecified atom stereocenters. The normalized spacial score (nSPS) is 11.0. The number of nitrogens with two attached hydrogens (primary N) is 2. The van der Waals surface area contributed by atoms with Gasteiger partial charge in [-0.1, -0.05) is 0 Å². The third-order valence-corrected chi connectivity index (χ3v) is 2.05. The lowest BCUT2D eigenvalue weighted by Crippen LogP contribution is -2.06. The van der Waals surface area contributed by atoms with Crippen LogP contribution in [0.4, 0.5) is 11.9 Å². The highest BCUT2D eigenvalue weighted by molar-refractivity contribution is 5.77. The van der Waals surface area contributed by atoms with Crippen LogP contribution in [-0.2, 0) is 0 Å². The molecule has 3 aromatic rings. The maximum atomic E-state index is 5.65. The summed E-state index contributed by atoms with van der Waals surface area (Å²) in [7, 11) is 0. The molecule has 9 nitrogen and oxygen atoms in total. The molecular weight excluding hydrogens is 210 g/mol. The SMILES string of the molecule is Nc1nc(N)n(-c2ncnc3nc[nH]c23)n1. The molecule has 9 heteroatoms. The molecule has 3 heterocycles. The lowest BCUT2D eigenvalue weighted by molar-refractivity contribution is 0.862. The Morgan fingerprint density at radius 3 is 2.81 bits per heavy atom. The van der Waals surface area contributed by atoms with E-state index < -0.39 is 0 Å². The van der Waals surface area contributed by atoms with E-state index in [1.54, 1.807) is 0 Å². The van der Waals surface area contributed by atoms with Gasteiger partial charge < -0.3 is 16.5 Å². The largest absolute Gasteiger partial charge is 0.368 e. The molecule has 0 saturated carbocycles. The molecule has 0 aliphatic rings. The van der Waals surface area contributed by atoms with E-state index in [4.69, 9.17) is 11.5 Å². The number of hydrogen-bond acceptors (Lipinski definition) is 7. The third-order valence-electron chi connectivity index (χ3n) is 2.05. The number of anilines is 2. The lowest BCUT2D eigenvalue weighted by Gasteiger charge is -2.00. The van der Waals surface area contributed by atoms with Crippen molar-refractivity contribution in [2.24, 2.45) is 0 Å². The summed E-state index contributed by atoms with van der Waals surface area (Å²) in [5, 5.41) is 3.93. The van der Waals surface area contributed by atoms with Gasteiger partial charge in [-0.2, -0.15) is 9.67 Å². The van der Waals surface area contributed by atoms with Gasteiger partial charge in [0.2, 0.25) is 11.9 Å². The first-order valence-corrected chi connectivity index (χ1v) is 4.38. The first-order chi connectivity index (χ1) is 7.75. The zero-order chi connectivity index (χ0) is 11.1. The molecular formula is C7H7N9. The molecule has 0 aromatic carbocycles. The van der Waals surface area contributed by atoms with Gasteiger partial charge in [-0.15, -0.1) is 5.10 Å². The fourth-order valence-electron chi connectivity index (χ4n) is 1.41. The number of H-pyrrole nitrogens is 1. The first kappa shape index (κ1) is 8.59. The molecule has 0 bridgehead atoms. The molecule has 0 atom stereocenters. The van der Waals surface area contributed by atoms with Gasteiger partial charge >= 0.3 is 0 Å². The van der Waals surface area contributed by atoms with Crippen LogP contribution in [0.1, 0.15) is 0 Å². The summed E-state index contributed by atoms with van der Waals surface area (Å²) >= 11 is 0. The van der Waals surface area contributed by atoms with Crippen molar-refractivity contribution >= 4 is 23.1 Å². The molecule has 0 spiro atoms. The summed E-state index contributed by atoms with van der Waals surface area (Å²) in [5.74, 6) is 0.708. The average molecular weight is 217 g/mol. The van der Waals surface area contributed by atoms with Crippen molar-refractivity contribution in [3.05, 3.63) is 12.7 Å². The topological polar surface area (TPSA) is 137 Å². The quantitative estimate of drug-likeness (QED) is 0.480. The molecule has 5 N–H and O–H groups in total. The molecule has 0 fully saturated rings. The number of imidazole rings is 1. The van der Waals surface area contributed by atoms with Crippen LogP contribution in [0.2, 0.25) is 0 Å². The molecule has 0 radical (unpaired) electrons. The average Bonchev–Trinajstić information content (AvgIpc) is 2.84. The van der Waals surface area contributed by atoms with E-state index in [2.05, 4.69) is 30.0 Å². The maximum Gasteiger partial charge on any atom is 0.241 e. The highest BCUT2D eigenvalue weighted by Crippen LogP contribution is 2.16. The summed E-state index contributed by atoms with van der Waals surface area (Å²) in [6, 6.07) is 0. The van der Waals surface area contributed by atoms with Crippen LogP contribution in [0.3, 0.4) is 0 Å². The Morgan fingerprint density at radius 2 is 2.06 bits per heavy atom. The number of fused-ring (bicyclic) bond motifs is 1. The van der Waals surface area contributed by atoms with Crippen molar-refractivity contribution < 1.29 is 0 Å². The summed E-state index contributed by atoms with van der Waals surface area (Å²) in [6.45, 7) is 0. The number of rotatable bonds is 1. The van der Waals surface area contributed by atoms with E-state index in [-0.39, 0.29) is 11.9 Å². The highest BCUT2D eigenvalue weighted by atomic mass is 15.4. The van der Waals surface area contributed by atoms with Crippen molar-refractivity contribution in [1.29, 1.82) is 0 Å². The van der Waals surface area contributed by atoms with Crippen LogP contribution in [-0.4, -0.2) is 34.7 Å². The fraction of sp³-hybridized carbons (Fsp3) is 0. The third kappa shape index (κ3) is 1.08. The second-order valence-corrected chi connectivity index (χ2v) is 3.04. The number of hydrogen-bond donors (Lipinski definition) is 3. The van der Waals surface area contributed by atoms with Gasteiger partial charge in [-0.05, 0) is 0 Å². The van der Waals surface area contributed by atoms with E-state index >= 15 is 0 Å². The smallest absolute Gasteiger partial charge is 0.241 e. The molecule has 16 heavy (non-hydrogen) atoms. The van der Waals surface area contributed by atoms with E-state index in [1.807, 2.05) is 0 Å². The first-order valence-electron chi connectivity index (χ1n) is 4.38. The Balaban J connectivity index is 2.33. The van der Waals surface area contributed by atoms with Crippen LogP contribution >= 0.6 is 0 Å². The van der Waals surface area contributed by atoms with Gasteiger partial charge in [0.05, 0.1) is 6.33 Å². The van der Waals surface area contributed by atoms with Crippen LogP contribution in [0, 0.1) is 0 Å². The summed E-state index contributed by atoms with van der Waals surface area (Å²) < 4.78 is 1.33. The molecule has 0 aliphatic carbocycles. The Bertz CT molecular complexity index is 651. The monoisotopic (exact) mass is 217 g/mol. The Morgan fingerprint density at radius 1 is 1.19 bits per heavy atom. The van der Waals surface area contributed by atoms with E-state index in [1.165, 1.54) is 17.3 Å². The second-order valence-electron chi connectivity index (χ2n) is 3.04. The molecule has 3 rings (SSSR count). The maximum absolute atomic E-state index is 5.65. The van der Waals surface area contributed by atoms with Crippen molar-refractivity contribution in [2.45, 2.75) is 0 Å². The van der Waals surface area contributed by atoms with Crippen molar-refractivity contribution in [1.82, 2.24) is 34.7 Å². The van der Waals surface area contributed by atoms with Crippen molar-refractivity contribution in [2.75, 3.05) is 11.5 Å². The number of nitrogen functional groups attached to an aromatic ring is 2. The van der Waals surface area contributed by atoms with E-state index in [0.29, 0.717) is 17.0 Å². The number of aromatic amines is 1. The minimum absolute atomic E-state index is 0.0868. The molecule has 0 saturated heterocycles. The van der Waals surface area contributed by atoms with Gasteiger partial charge in [0.15, 0.2) is 11.5 Å². The predicted octanol–water partition coefficient (Wildman–Crippen LogP) is -0.902. The van der Waals surface area contributed by atoms with Crippen LogP contribution in [0.25, 0.3) is 17.0 Å². The van der Waals surface area contributed by atoms with E-state index in [0.717, 1.165) is 0 Å². The Labute approximate surface area is 88.5 Å². The summed E-state index contributed by atoms with van der Waals surface area (Å²) in [6.07, 6.45) is 2.88. The van der Waals surface area contributed by atoms with Gasteiger partial charge in [0.25, 0.3) is 0 Å². The van der Waals surface area contributed by atoms with Crippen molar-refractivity contribution in [3.8, 4) is 5.82 Å². The number of nitrogens with zero attached hydrogens (tertiary/aromatic N) is 6. The summed E-state index contributed by atoms with van der Waals surface area (Å²) in [5.41, 5.74) is 12.2. The summed E-state index contributed by atoms with van der Waals surface area (Å²) in [4.78, 5) is 18.7. The van der Waals surface area contributed by atoms with Gasteiger partial charge in [-0.3, -0.25) is 0 Å². The minimum Gasteiger partial charge on any atom is -0.368 e. The van der Waals surface area contributed by atoms with Gasteiger partial charge in [0, 0.05) is 0 Å². The number of aromatic nitrogens is 7. The zero-order valence-corrected chi connectivity index (χ0v) is 7.99. The predicted molar refractivity (Wildman–Crippen MR) is 55.4 cm³/mol. The fourth-order valence-corrected chi connectivity index (χ4v) is 1.41. The van der Waals surface area contributed by atoms with Crippen molar-refractivity contribution in [3.63, 3.8) is 0 Å². The minimum atomic E-state index is 0.0868.